The van der Waals surface area contributed by atoms with Gasteiger partial charge in [0.1, 0.15) is 6.61 Å². The number of hydrogen-bond acceptors (Lipinski definition) is 5. The van der Waals surface area contributed by atoms with Gasteiger partial charge in [0, 0.05) is 0 Å². The van der Waals surface area contributed by atoms with Gasteiger partial charge in [0.15, 0.2) is 17.1 Å². The molecular weight excluding hydrogens is 264 g/mol. The van der Waals surface area contributed by atoms with E-state index in [1.54, 1.807) is 6.26 Å². The molecular formula is C13H12N2O3S. The van der Waals surface area contributed by atoms with Crippen molar-refractivity contribution in [3.63, 3.8) is 0 Å². The number of thioether (sulfide) groups is 1. The third-order valence-electron chi connectivity index (χ3n) is 2.41. The number of benzene rings is 1. The molecule has 0 aliphatic carbocycles. The van der Waals surface area contributed by atoms with E-state index >= 15 is 0 Å². The lowest BCUT2D eigenvalue weighted by Crippen LogP contribution is -2.16. The van der Waals surface area contributed by atoms with Crippen LogP contribution in [0.2, 0.25) is 0 Å². The Kier molecular flexibility index (Phi) is 4.35. The summed E-state index contributed by atoms with van der Waals surface area (Å²) in [6.45, 7) is 0.213. The minimum atomic E-state index is -0.447. The molecule has 98 valence electrons. The van der Waals surface area contributed by atoms with E-state index in [1.807, 2.05) is 30.3 Å². The van der Waals surface area contributed by atoms with Crippen LogP contribution in [-0.2, 0) is 6.61 Å². The molecule has 0 bridgehead atoms. The molecule has 6 heteroatoms. The lowest BCUT2D eigenvalue weighted by Gasteiger charge is -2.07. The summed E-state index contributed by atoms with van der Waals surface area (Å²) in [5.74, 6) is -0.0448. The molecule has 1 N–H and O–H groups in total. The van der Waals surface area contributed by atoms with Crippen LogP contribution in [0.3, 0.4) is 0 Å². The molecule has 0 spiro atoms. The number of carbonyl (C=O) groups excluding carboxylic acids is 1. The first kappa shape index (κ1) is 13.4. The molecule has 0 unspecified atom stereocenters. The van der Waals surface area contributed by atoms with Gasteiger partial charge in [-0.05, 0) is 11.8 Å². The number of carbonyl (C=O) groups is 1. The van der Waals surface area contributed by atoms with Crippen molar-refractivity contribution >= 4 is 18.0 Å². The van der Waals surface area contributed by atoms with Crippen molar-refractivity contribution in [1.82, 2.24) is 9.97 Å². The number of nitrogens with one attached hydrogen (secondary N) is 1. The molecule has 0 saturated heterocycles. The van der Waals surface area contributed by atoms with E-state index < -0.39 is 5.56 Å². The zero-order valence-electron chi connectivity index (χ0n) is 10.3. The largest absolute Gasteiger partial charge is 0.481 e. The average Bonchev–Trinajstić information content (AvgIpc) is 2.46. The zero-order valence-corrected chi connectivity index (χ0v) is 11.1. The maximum absolute atomic E-state index is 11.8. The number of H-pyrrole nitrogens is 1. The fraction of sp³-hybridized carbons (Fsp3) is 0.154. The molecule has 0 atom stereocenters. The standard InChI is InChI=1S/C13H12N2O3S/c1-19-13-14-10(7-16)11(12(17)15-13)18-8-9-5-3-2-4-6-9/h2-7H,8H2,1H3,(H,14,15,17). The Balaban J connectivity index is 2.25. The molecule has 1 heterocycles. The molecule has 0 amide bonds. The second-order valence-corrected chi connectivity index (χ2v) is 4.48. The highest BCUT2D eigenvalue weighted by molar-refractivity contribution is 7.98. The van der Waals surface area contributed by atoms with E-state index in [0.29, 0.717) is 11.4 Å². The number of nitrogens with zero attached hydrogens (tertiary/aromatic N) is 1. The molecule has 1 aromatic heterocycles. The Morgan fingerprint density at radius 2 is 2.11 bits per heavy atom. The van der Waals surface area contributed by atoms with Crippen LogP contribution in [0, 0.1) is 0 Å². The van der Waals surface area contributed by atoms with Crippen molar-refractivity contribution in [2.24, 2.45) is 0 Å². The molecule has 19 heavy (non-hydrogen) atoms. The molecule has 5 nitrogen and oxygen atoms in total. The summed E-state index contributed by atoms with van der Waals surface area (Å²) < 4.78 is 5.40. The van der Waals surface area contributed by atoms with Crippen molar-refractivity contribution < 1.29 is 9.53 Å². The van der Waals surface area contributed by atoms with Gasteiger partial charge in [-0.1, -0.05) is 42.1 Å². The average molecular weight is 276 g/mol. The van der Waals surface area contributed by atoms with Gasteiger partial charge in [-0.2, -0.15) is 0 Å². The van der Waals surface area contributed by atoms with E-state index in [0.717, 1.165) is 5.56 Å². The summed E-state index contributed by atoms with van der Waals surface area (Å²) in [7, 11) is 0. The molecule has 1 aromatic carbocycles. The van der Waals surface area contributed by atoms with Gasteiger partial charge in [0.05, 0.1) is 0 Å². The van der Waals surface area contributed by atoms with Crippen LogP contribution in [0.5, 0.6) is 5.75 Å². The first-order valence-electron chi connectivity index (χ1n) is 5.55. The highest BCUT2D eigenvalue weighted by Gasteiger charge is 2.12. The Morgan fingerprint density at radius 1 is 1.37 bits per heavy atom. The maximum Gasteiger partial charge on any atom is 0.294 e. The van der Waals surface area contributed by atoms with Crippen molar-refractivity contribution in [2.75, 3.05) is 6.26 Å². The Labute approximate surface area is 114 Å². The van der Waals surface area contributed by atoms with E-state index in [-0.39, 0.29) is 18.1 Å². The van der Waals surface area contributed by atoms with Gasteiger partial charge < -0.3 is 4.74 Å². The normalized spacial score (nSPS) is 10.2. The molecule has 0 aliphatic heterocycles. The van der Waals surface area contributed by atoms with E-state index in [4.69, 9.17) is 4.74 Å². The van der Waals surface area contributed by atoms with Crippen LogP contribution in [0.25, 0.3) is 0 Å². The van der Waals surface area contributed by atoms with Crippen LogP contribution >= 0.6 is 11.8 Å². The second-order valence-electron chi connectivity index (χ2n) is 3.68. The number of aromatic nitrogens is 2. The lowest BCUT2D eigenvalue weighted by molar-refractivity contribution is 0.111. The lowest BCUT2D eigenvalue weighted by atomic mass is 10.2. The van der Waals surface area contributed by atoms with Crippen molar-refractivity contribution in [2.45, 2.75) is 11.8 Å². The third-order valence-corrected chi connectivity index (χ3v) is 2.99. The van der Waals surface area contributed by atoms with Crippen LogP contribution in [0.1, 0.15) is 16.1 Å². The number of rotatable bonds is 5. The summed E-state index contributed by atoms with van der Waals surface area (Å²) in [6, 6.07) is 9.39. The first-order valence-corrected chi connectivity index (χ1v) is 6.77. The van der Waals surface area contributed by atoms with Crippen LogP contribution in [-0.4, -0.2) is 22.5 Å². The number of aldehydes is 1. The van der Waals surface area contributed by atoms with Crippen molar-refractivity contribution in [3.05, 3.63) is 51.9 Å². The van der Waals surface area contributed by atoms with Gasteiger partial charge in [0.25, 0.3) is 5.56 Å². The van der Waals surface area contributed by atoms with Crippen molar-refractivity contribution in [3.8, 4) is 5.75 Å². The summed E-state index contributed by atoms with van der Waals surface area (Å²) >= 11 is 1.25. The fourth-order valence-corrected chi connectivity index (χ4v) is 1.89. The summed E-state index contributed by atoms with van der Waals surface area (Å²) in [5, 5.41) is 0.388. The van der Waals surface area contributed by atoms with Gasteiger partial charge in [0.2, 0.25) is 5.75 Å². The van der Waals surface area contributed by atoms with Gasteiger partial charge >= 0.3 is 0 Å². The van der Waals surface area contributed by atoms with Crippen LogP contribution in [0.4, 0.5) is 0 Å². The van der Waals surface area contributed by atoms with E-state index in [2.05, 4.69) is 9.97 Å². The molecule has 0 radical (unpaired) electrons. The smallest absolute Gasteiger partial charge is 0.294 e. The zero-order chi connectivity index (χ0) is 13.7. The highest BCUT2D eigenvalue weighted by Crippen LogP contribution is 2.14. The van der Waals surface area contributed by atoms with Gasteiger partial charge in [-0.25, -0.2) is 4.98 Å². The first-order chi connectivity index (χ1) is 9.24. The Morgan fingerprint density at radius 3 is 2.74 bits per heavy atom. The van der Waals surface area contributed by atoms with E-state index in [9.17, 15) is 9.59 Å². The topological polar surface area (TPSA) is 72.0 Å². The second kappa shape index (κ2) is 6.19. The summed E-state index contributed by atoms with van der Waals surface area (Å²) in [4.78, 5) is 29.3. The molecule has 0 fully saturated rings. The van der Waals surface area contributed by atoms with E-state index in [1.165, 1.54) is 11.8 Å². The molecule has 2 rings (SSSR count). The molecule has 0 aliphatic rings. The SMILES string of the molecule is CSc1nc(C=O)c(OCc2ccccc2)c(=O)[nH]1. The maximum atomic E-state index is 11.8. The fourth-order valence-electron chi connectivity index (χ4n) is 1.50. The minimum Gasteiger partial charge on any atom is -0.481 e. The van der Waals surface area contributed by atoms with Gasteiger partial charge in [-0.15, -0.1) is 0 Å². The summed E-state index contributed by atoms with van der Waals surface area (Å²) in [6.07, 6.45) is 2.28. The number of ether oxygens (including phenoxy) is 1. The minimum absolute atomic E-state index is 0.0176. The quantitative estimate of drug-likeness (QED) is 0.513. The van der Waals surface area contributed by atoms with Crippen molar-refractivity contribution in [1.29, 1.82) is 0 Å². The number of aromatic amines is 1. The number of hydrogen-bond donors (Lipinski definition) is 1. The predicted octanol–water partition coefficient (Wildman–Crippen LogP) is 1.88. The predicted molar refractivity (Wildman–Crippen MR) is 72.8 cm³/mol. The third kappa shape index (κ3) is 3.23. The summed E-state index contributed by atoms with van der Waals surface area (Å²) in [5.41, 5.74) is 0.481. The van der Waals surface area contributed by atoms with Gasteiger partial charge in [-0.3, -0.25) is 14.6 Å². The molecule has 2 aromatic rings. The highest BCUT2D eigenvalue weighted by atomic mass is 32.2. The monoisotopic (exact) mass is 276 g/mol. The molecule has 0 saturated carbocycles. The Bertz CT molecular complexity index is 626. The van der Waals surface area contributed by atoms with Crippen LogP contribution in [0.15, 0.2) is 40.3 Å². The Hall–Kier alpha value is -2.08. The van der Waals surface area contributed by atoms with Crippen LogP contribution < -0.4 is 10.3 Å².